The Balaban J connectivity index is 1.63. The first-order valence-electron chi connectivity index (χ1n) is 7.97. The van der Waals surface area contributed by atoms with E-state index < -0.39 is 15.9 Å². The van der Waals surface area contributed by atoms with Crippen LogP contribution in [0.15, 0.2) is 71.6 Å². The summed E-state index contributed by atoms with van der Waals surface area (Å²) in [7, 11) is -3.21. The lowest BCUT2D eigenvalue weighted by Crippen LogP contribution is -2.03. The van der Waals surface area contributed by atoms with E-state index in [0.717, 1.165) is 11.3 Å². The van der Waals surface area contributed by atoms with Gasteiger partial charge in [-0.05, 0) is 34.0 Å². The second kappa shape index (κ2) is 7.60. The molecule has 0 aliphatic carbocycles. The van der Waals surface area contributed by atoms with Gasteiger partial charge in [-0.25, -0.2) is 8.42 Å². The third-order valence-corrected chi connectivity index (χ3v) is 6.30. The summed E-state index contributed by atoms with van der Waals surface area (Å²) in [5, 5.41) is 12.8. The summed E-state index contributed by atoms with van der Waals surface area (Å²) in [6.45, 7) is 0. The van der Waals surface area contributed by atoms with Crippen LogP contribution >= 0.6 is 11.8 Å². The van der Waals surface area contributed by atoms with Crippen LogP contribution in [0.3, 0.4) is 0 Å². The van der Waals surface area contributed by atoms with E-state index in [4.69, 9.17) is 0 Å². The fraction of sp³-hybridized carbons (Fsp3) is 0.200. The second-order valence-corrected chi connectivity index (χ2v) is 9.06. The highest BCUT2D eigenvalue weighted by molar-refractivity contribution is 7.98. The molecule has 130 valence electrons. The van der Waals surface area contributed by atoms with E-state index in [1.54, 1.807) is 36.0 Å². The van der Waals surface area contributed by atoms with E-state index in [-0.39, 0.29) is 4.90 Å². The Morgan fingerprint density at radius 1 is 0.960 bits per heavy atom. The lowest BCUT2D eigenvalue weighted by atomic mass is 10.1. The predicted octanol–water partition coefficient (Wildman–Crippen LogP) is 4.21. The molecule has 5 heteroatoms. The lowest BCUT2D eigenvalue weighted by Gasteiger charge is -2.12. The Kier molecular flexibility index (Phi) is 5.47. The van der Waals surface area contributed by atoms with Crippen molar-refractivity contribution in [1.82, 2.24) is 0 Å². The van der Waals surface area contributed by atoms with Crippen LogP contribution in [0.5, 0.6) is 0 Å². The van der Waals surface area contributed by atoms with Crippen LogP contribution in [0, 0.1) is 0 Å². The highest BCUT2D eigenvalue weighted by Gasteiger charge is 2.11. The minimum atomic E-state index is -3.21. The average Bonchev–Trinajstić information content (AvgIpc) is 2.61. The molecule has 0 saturated carbocycles. The maximum absolute atomic E-state index is 11.5. The molecule has 0 aliphatic rings. The maximum Gasteiger partial charge on any atom is 0.175 e. The SMILES string of the molecule is CS(=O)(=O)c1ccc(C(O)CSCc2cccc3ccccc23)cc1. The number of thioether (sulfide) groups is 1. The van der Waals surface area contributed by atoms with Crippen molar-refractivity contribution in [3.05, 3.63) is 77.9 Å². The third-order valence-electron chi connectivity index (χ3n) is 4.11. The van der Waals surface area contributed by atoms with Gasteiger partial charge in [0.15, 0.2) is 9.84 Å². The number of aliphatic hydroxyl groups is 1. The van der Waals surface area contributed by atoms with Gasteiger partial charge in [0.05, 0.1) is 11.0 Å². The molecule has 0 aromatic heterocycles. The van der Waals surface area contributed by atoms with Crippen molar-refractivity contribution in [2.75, 3.05) is 12.0 Å². The number of sulfone groups is 1. The number of hydrogen-bond donors (Lipinski definition) is 1. The molecule has 3 rings (SSSR count). The molecule has 3 aromatic carbocycles. The van der Waals surface area contributed by atoms with Crippen molar-refractivity contribution in [2.24, 2.45) is 0 Å². The minimum absolute atomic E-state index is 0.270. The predicted molar refractivity (Wildman–Crippen MR) is 105 cm³/mol. The van der Waals surface area contributed by atoms with Crippen LogP contribution in [-0.2, 0) is 15.6 Å². The Morgan fingerprint density at radius 2 is 1.64 bits per heavy atom. The number of rotatable bonds is 6. The van der Waals surface area contributed by atoms with Gasteiger partial charge in [0.2, 0.25) is 0 Å². The topological polar surface area (TPSA) is 54.4 Å². The van der Waals surface area contributed by atoms with Crippen molar-refractivity contribution in [1.29, 1.82) is 0 Å². The van der Waals surface area contributed by atoms with E-state index in [1.807, 2.05) is 12.1 Å². The molecule has 1 N–H and O–H groups in total. The molecule has 1 atom stereocenters. The fourth-order valence-corrected chi connectivity index (χ4v) is 4.37. The monoisotopic (exact) mass is 372 g/mol. The summed E-state index contributed by atoms with van der Waals surface area (Å²) in [6.07, 6.45) is 0.562. The van der Waals surface area contributed by atoms with E-state index >= 15 is 0 Å². The summed E-state index contributed by atoms with van der Waals surface area (Å²) in [4.78, 5) is 0.270. The first-order valence-corrected chi connectivity index (χ1v) is 11.0. The highest BCUT2D eigenvalue weighted by Crippen LogP contribution is 2.26. The normalized spacial score (nSPS) is 13.0. The Bertz CT molecular complexity index is 958. The smallest absolute Gasteiger partial charge is 0.175 e. The van der Waals surface area contributed by atoms with Gasteiger partial charge < -0.3 is 5.11 Å². The van der Waals surface area contributed by atoms with Gasteiger partial charge in [-0.2, -0.15) is 11.8 Å². The largest absolute Gasteiger partial charge is 0.388 e. The van der Waals surface area contributed by atoms with Crippen molar-refractivity contribution >= 4 is 32.4 Å². The summed E-state index contributed by atoms with van der Waals surface area (Å²) in [6, 6.07) is 21.0. The molecule has 0 radical (unpaired) electrons. The molecule has 1 unspecified atom stereocenters. The average molecular weight is 373 g/mol. The van der Waals surface area contributed by atoms with E-state index in [1.165, 1.54) is 22.6 Å². The molecule has 0 heterocycles. The molecule has 3 nitrogen and oxygen atoms in total. The van der Waals surface area contributed by atoms with Crippen molar-refractivity contribution < 1.29 is 13.5 Å². The zero-order valence-corrected chi connectivity index (χ0v) is 15.6. The van der Waals surface area contributed by atoms with Crippen LogP contribution in [0.2, 0.25) is 0 Å². The standard InChI is InChI=1S/C20H20O3S2/c1-25(22,23)18-11-9-16(10-12-18)20(21)14-24-13-17-7-4-6-15-5-2-3-8-19(15)17/h2-12,20-21H,13-14H2,1H3. The van der Waals surface area contributed by atoms with Gasteiger partial charge in [-0.1, -0.05) is 54.6 Å². The molecule has 0 aliphatic heterocycles. The van der Waals surface area contributed by atoms with Crippen LogP contribution in [0.25, 0.3) is 10.8 Å². The van der Waals surface area contributed by atoms with Crippen molar-refractivity contribution in [3.8, 4) is 0 Å². The lowest BCUT2D eigenvalue weighted by molar-refractivity contribution is 0.204. The number of fused-ring (bicyclic) bond motifs is 1. The Morgan fingerprint density at radius 3 is 2.36 bits per heavy atom. The van der Waals surface area contributed by atoms with E-state index in [0.29, 0.717) is 5.75 Å². The molecule has 0 amide bonds. The van der Waals surface area contributed by atoms with Gasteiger partial charge in [0, 0.05) is 17.8 Å². The second-order valence-electron chi connectivity index (χ2n) is 6.01. The zero-order valence-electron chi connectivity index (χ0n) is 13.9. The van der Waals surface area contributed by atoms with Gasteiger partial charge in [-0.3, -0.25) is 0 Å². The van der Waals surface area contributed by atoms with E-state index in [9.17, 15) is 13.5 Å². The molecule has 0 spiro atoms. The Hall–Kier alpha value is -1.82. The third kappa shape index (κ3) is 4.42. The molecule has 3 aromatic rings. The Labute approximate surface area is 152 Å². The van der Waals surface area contributed by atoms with Crippen LogP contribution in [-0.4, -0.2) is 25.5 Å². The van der Waals surface area contributed by atoms with Crippen molar-refractivity contribution in [2.45, 2.75) is 16.8 Å². The molecule has 0 fully saturated rings. The zero-order chi connectivity index (χ0) is 17.9. The molecule has 0 saturated heterocycles. The van der Waals surface area contributed by atoms with Crippen LogP contribution < -0.4 is 0 Å². The maximum atomic E-state index is 11.5. The molecule has 25 heavy (non-hydrogen) atoms. The fourth-order valence-electron chi connectivity index (χ4n) is 2.73. The summed E-state index contributed by atoms with van der Waals surface area (Å²) in [5.41, 5.74) is 1.99. The summed E-state index contributed by atoms with van der Waals surface area (Å²) >= 11 is 1.67. The van der Waals surface area contributed by atoms with Gasteiger partial charge >= 0.3 is 0 Å². The van der Waals surface area contributed by atoms with E-state index in [2.05, 4.69) is 30.3 Å². The molecular weight excluding hydrogens is 352 g/mol. The quantitative estimate of drug-likeness (QED) is 0.704. The number of benzene rings is 3. The van der Waals surface area contributed by atoms with Crippen LogP contribution in [0.1, 0.15) is 17.2 Å². The highest BCUT2D eigenvalue weighted by atomic mass is 32.2. The molecular formula is C20H20O3S2. The molecule has 0 bridgehead atoms. The summed E-state index contributed by atoms with van der Waals surface area (Å²) < 4.78 is 23.0. The van der Waals surface area contributed by atoms with Gasteiger partial charge in [0.25, 0.3) is 0 Å². The van der Waals surface area contributed by atoms with Gasteiger partial charge in [0.1, 0.15) is 0 Å². The van der Waals surface area contributed by atoms with Gasteiger partial charge in [-0.15, -0.1) is 0 Å². The van der Waals surface area contributed by atoms with Crippen molar-refractivity contribution in [3.63, 3.8) is 0 Å². The number of hydrogen-bond acceptors (Lipinski definition) is 4. The van der Waals surface area contributed by atoms with Crippen LogP contribution in [0.4, 0.5) is 0 Å². The summed E-state index contributed by atoms with van der Waals surface area (Å²) in [5.74, 6) is 1.38. The number of aliphatic hydroxyl groups excluding tert-OH is 1. The minimum Gasteiger partial charge on any atom is -0.388 e. The first-order chi connectivity index (χ1) is 11.9. The first kappa shape index (κ1) is 18.0.